The molecule has 0 unspecified atom stereocenters. The first-order chi connectivity index (χ1) is 10.7. The van der Waals surface area contributed by atoms with Gasteiger partial charge in [0.2, 0.25) is 5.91 Å². The van der Waals surface area contributed by atoms with Gasteiger partial charge in [-0.2, -0.15) is 13.2 Å². The second kappa shape index (κ2) is 11.7. The van der Waals surface area contributed by atoms with Crippen LogP contribution in [0.3, 0.4) is 0 Å². The highest BCUT2D eigenvalue weighted by molar-refractivity contribution is 5.82. The van der Waals surface area contributed by atoms with Crippen LogP contribution in [0.5, 0.6) is 0 Å². The molecule has 0 fully saturated rings. The van der Waals surface area contributed by atoms with E-state index in [1.165, 1.54) is 0 Å². The SMILES string of the molecule is CCCCCCC(C)(CCCCCC)C(=O)NCCC(F)(F)F. The Bertz CT molecular complexity index is 304. The van der Waals surface area contributed by atoms with Crippen molar-refractivity contribution in [1.82, 2.24) is 5.32 Å². The fourth-order valence-electron chi connectivity index (χ4n) is 2.77. The van der Waals surface area contributed by atoms with Crippen LogP contribution < -0.4 is 5.32 Å². The summed E-state index contributed by atoms with van der Waals surface area (Å²) in [5.74, 6) is -0.213. The highest BCUT2D eigenvalue weighted by Gasteiger charge is 2.33. The molecule has 0 radical (unpaired) electrons. The fraction of sp³-hybridized carbons (Fsp3) is 0.944. The molecule has 23 heavy (non-hydrogen) atoms. The number of nitrogens with one attached hydrogen (secondary N) is 1. The first-order valence-corrected chi connectivity index (χ1v) is 9.10. The van der Waals surface area contributed by atoms with E-state index >= 15 is 0 Å². The predicted octanol–water partition coefficient (Wildman–Crippen LogP) is 6.00. The van der Waals surface area contributed by atoms with Crippen molar-refractivity contribution in [3.05, 3.63) is 0 Å². The summed E-state index contributed by atoms with van der Waals surface area (Å²) >= 11 is 0. The second-order valence-electron chi connectivity index (χ2n) is 6.80. The van der Waals surface area contributed by atoms with Gasteiger partial charge >= 0.3 is 6.18 Å². The number of alkyl halides is 3. The monoisotopic (exact) mass is 337 g/mol. The molecular weight excluding hydrogens is 303 g/mol. The van der Waals surface area contributed by atoms with Crippen molar-refractivity contribution in [1.29, 1.82) is 0 Å². The minimum atomic E-state index is -4.22. The molecule has 0 aromatic rings. The number of amides is 1. The van der Waals surface area contributed by atoms with E-state index in [2.05, 4.69) is 19.2 Å². The van der Waals surface area contributed by atoms with E-state index in [0.717, 1.165) is 64.2 Å². The van der Waals surface area contributed by atoms with E-state index in [-0.39, 0.29) is 12.5 Å². The van der Waals surface area contributed by atoms with E-state index < -0.39 is 18.0 Å². The summed E-state index contributed by atoms with van der Waals surface area (Å²) in [5, 5.41) is 2.50. The summed E-state index contributed by atoms with van der Waals surface area (Å²) in [6.45, 7) is 5.86. The molecule has 0 heterocycles. The average Bonchev–Trinajstić information content (AvgIpc) is 2.47. The summed E-state index contributed by atoms with van der Waals surface area (Å²) in [6.07, 6.45) is 4.98. The fourth-order valence-corrected chi connectivity index (χ4v) is 2.77. The van der Waals surface area contributed by atoms with Crippen molar-refractivity contribution >= 4 is 5.91 Å². The molecule has 0 aromatic carbocycles. The lowest BCUT2D eigenvalue weighted by Crippen LogP contribution is -2.40. The van der Waals surface area contributed by atoms with Gasteiger partial charge in [-0.15, -0.1) is 0 Å². The van der Waals surface area contributed by atoms with Crippen LogP contribution in [0, 0.1) is 5.41 Å². The van der Waals surface area contributed by atoms with Gasteiger partial charge in [0.05, 0.1) is 6.42 Å². The van der Waals surface area contributed by atoms with Gasteiger partial charge in [-0.3, -0.25) is 4.79 Å². The molecule has 138 valence electrons. The minimum Gasteiger partial charge on any atom is -0.355 e. The number of carbonyl (C=O) groups is 1. The van der Waals surface area contributed by atoms with Crippen molar-refractivity contribution in [3.8, 4) is 0 Å². The van der Waals surface area contributed by atoms with Crippen molar-refractivity contribution in [3.63, 3.8) is 0 Å². The van der Waals surface area contributed by atoms with Crippen LogP contribution in [-0.4, -0.2) is 18.6 Å². The van der Waals surface area contributed by atoms with Crippen LogP contribution in [0.1, 0.15) is 91.4 Å². The smallest absolute Gasteiger partial charge is 0.355 e. The summed E-state index contributed by atoms with van der Waals surface area (Å²) in [4.78, 5) is 12.4. The zero-order valence-corrected chi connectivity index (χ0v) is 15.0. The number of carbonyl (C=O) groups excluding carboxylic acids is 1. The van der Waals surface area contributed by atoms with Crippen LogP contribution in [0.25, 0.3) is 0 Å². The molecule has 2 nitrogen and oxygen atoms in total. The van der Waals surface area contributed by atoms with E-state index in [1.807, 2.05) is 6.92 Å². The highest BCUT2D eigenvalue weighted by Crippen LogP contribution is 2.32. The van der Waals surface area contributed by atoms with Gasteiger partial charge in [-0.1, -0.05) is 72.1 Å². The normalized spacial score (nSPS) is 12.4. The molecule has 0 aliphatic carbocycles. The Hall–Kier alpha value is -0.740. The quantitative estimate of drug-likeness (QED) is 0.410. The van der Waals surface area contributed by atoms with Crippen LogP contribution in [0.4, 0.5) is 13.2 Å². The minimum absolute atomic E-state index is 0.213. The molecule has 1 amide bonds. The third-order valence-electron chi connectivity index (χ3n) is 4.41. The van der Waals surface area contributed by atoms with E-state index in [0.29, 0.717) is 0 Å². The lowest BCUT2D eigenvalue weighted by atomic mass is 9.78. The van der Waals surface area contributed by atoms with E-state index in [1.54, 1.807) is 0 Å². The maximum absolute atomic E-state index is 12.4. The third kappa shape index (κ3) is 11.4. The molecule has 0 saturated heterocycles. The molecule has 0 rings (SSSR count). The summed E-state index contributed by atoms with van der Waals surface area (Å²) in [6, 6.07) is 0. The molecule has 0 spiro atoms. The lowest BCUT2D eigenvalue weighted by Gasteiger charge is -2.29. The van der Waals surface area contributed by atoms with Gasteiger partial charge in [-0.25, -0.2) is 0 Å². The zero-order valence-electron chi connectivity index (χ0n) is 15.0. The topological polar surface area (TPSA) is 29.1 Å². The van der Waals surface area contributed by atoms with Crippen molar-refractivity contribution in [2.45, 2.75) is 97.6 Å². The molecule has 0 saturated carbocycles. The van der Waals surface area contributed by atoms with Crippen LogP contribution in [0.2, 0.25) is 0 Å². The van der Waals surface area contributed by atoms with Crippen molar-refractivity contribution in [2.75, 3.05) is 6.54 Å². The lowest BCUT2D eigenvalue weighted by molar-refractivity contribution is -0.139. The number of hydrogen-bond donors (Lipinski definition) is 1. The van der Waals surface area contributed by atoms with Crippen LogP contribution in [-0.2, 0) is 4.79 Å². The molecule has 0 aromatic heterocycles. The number of unbranched alkanes of at least 4 members (excludes halogenated alkanes) is 6. The molecular formula is C18H34F3NO. The Labute approximate surface area is 139 Å². The Kier molecular flexibility index (Phi) is 11.4. The van der Waals surface area contributed by atoms with Gasteiger partial charge in [-0.05, 0) is 12.8 Å². The Morgan fingerprint density at radius 3 is 1.70 bits per heavy atom. The predicted molar refractivity (Wildman–Crippen MR) is 89.3 cm³/mol. The van der Waals surface area contributed by atoms with Crippen LogP contribution >= 0.6 is 0 Å². The summed E-state index contributed by atoms with van der Waals surface area (Å²) in [7, 11) is 0. The first-order valence-electron chi connectivity index (χ1n) is 9.10. The Morgan fingerprint density at radius 1 is 0.826 bits per heavy atom. The van der Waals surface area contributed by atoms with Gasteiger partial charge in [0.15, 0.2) is 0 Å². The molecule has 1 N–H and O–H groups in total. The first kappa shape index (κ1) is 22.3. The maximum Gasteiger partial charge on any atom is 0.390 e. The Balaban J connectivity index is 4.44. The third-order valence-corrected chi connectivity index (χ3v) is 4.41. The van der Waals surface area contributed by atoms with Crippen molar-refractivity contribution < 1.29 is 18.0 Å². The van der Waals surface area contributed by atoms with E-state index in [4.69, 9.17) is 0 Å². The molecule has 0 bridgehead atoms. The largest absolute Gasteiger partial charge is 0.390 e. The Morgan fingerprint density at radius 2 is 1.30 bits per heavy atom. The number of hydrogen-bond acceptors (Lipinski definition) is 1. The number of rotatable bonds is 13. The van der Waals surface area contributed by atoms with Gasteiger partial charge in [0, 0.05) is 12.0 Å². The highest BCUT2D eigenvalue weighted by atomic mass is 19.4. The van der Waals surface area contributed by atoms with E-state index in [9.17, 15) is 18.0 Å². The molecule has 5 heteroatoms. The summed E-state index contributed by atoms with van der Waals surface area (Å²) in [5.41, 5.74) is -0.535. The standard InChI is InChI=1S/C18H34F3NO/c1-4-6-8-10-12-17(3,13-11-9-7-5-2)16(23)22-15-14-18(19,20)21/h4-15H2,1-3H3,(H,22,23). The molecule has 0 aliphatic heterocycles. The zero-order chi connectivity index (χ0) is 17.8. The van der Waals surface area contributed by atoms with Gasteiger partial charge in [0.1, 0.15) is 0 Å². The molecule has 0 atom stereocenters. The van der Waals surface area contributed by atoms with Crippen molar-refractivity contribution in [2.24, 2.45) is 5.41 Å². The second-order valence-corrected chi connectivity index (χ2v) is 6.80. The number of halogens is 3. The summed E-state index contributed by atoms with van der Waals surface area (Å²) < 4.78 is 36.7. The van der Waals surface area contributed by atoms with Crippen LogP contribution in [0.15, 0.2) is 0 Å². The van der Waals surface area contributed by atoms with Gasteiger partial charge < -0.3 is 5.32 Å². The van der Waals surface area contributed by atoms with Gasteiger partial charge in [0.25, 0.3) is 0 Å². The average molecular weight is 337 g/mol. The maximum atomic E-state index is 12.4. The molecule has 0 aliphatic rings.